The summed E-state index contributed by atoms with van der Waals surface area (Å²) < 4.78 is 75.6. The average Bonchev–Trinajstić information content (AvgIpc) is 3.25. The van der Waals surface area contributed by atoms with Crippen LogP contribution in [0.15, 0.2) is 36.4 Å². The van der Waals surface area contributed by atoms with Crippen LogP contribution in [0.4, 0.5) is 17.6 Å². The highest BCUT2D eigenvalue weighted by Gasteiger charge is 2.51. The number of fused-ring (bicyclic) bond motifs is 1. The third-order valence-corrected chi connectivity index (χ3v) is 5.69. The molecule has 0 aliphatic carbocycles. The number of hydrogen-bond donors (Lipinski definition) is 0. The lowest BCUT2D eigenvalue weighted by Gasteiger charge is -2.41. The first-order valence-electron chi connectivity index (χ1n) is 10.4. The highest BCUT2D eigenvalue weighted by atomic mass is 19.4. The van der Waals surface area contributed by atoms with E-state index in [0.717, 1.165) is 0 Å². The lowest BCUT2D eigenvalue weighted by molar-refractivity contribution is -0.325. The number of alkyl halides is 3. The van der Waals surface area contributed by atoms with Gasteiger partial charge in [-0.1, -0.05) is 12.1 Å². The third-order valence-electron chi connectivity index (χ3n) is 5.69. The van der Waals surface area contributed by atoms with Gasteiger partial charge in [0.25, 0.3) is 11.8 Å². The second-order valence-corrected chi connectivity index (χ2v) is 7.67. The van der Waals surface area contributed by atoms with Crippen LogP contribution >= 0.6 is 0 Å². The number of pyridine rings is 1. The smallest absolute Gasteiger partial charge is 0.486 e. The number of nitrogens with zero attached hydrogens (tertiary/aromatic N) is 2. The Morgan fingerprint density at radius 1 is 1.26 bits per heavy atom. The Morgan fingerprint density at radius 2 is 2.09 bits per heavy atom. The van der Waals surface area contributed by atoms with E-state index in [1.807, 2.05) is 0 Å². The van der Waals surface area contributed by atoms with E-state index in [1.165, 1.54) is 31.4 Å². The number of benzene rings is 1. The van der Waals surface area contributed by atoms with E-state index in [-0.39, 0.29) is 36.5 Å². The number of hydrogen-bond acceptors (Lipinski definition) is 7. The van der Waals surface area contributed by atoms with Gasteiger partial charge in [0.1, 0.15) is 36.6 Å². The van der Waals surface area contributed by atoms with Crippen LogP contribution < -0.4 is 9.47 Å². The number of carbonyl (C=O) groups is 1. The van der Waals surface area contributed by atoms with Crippen molar-refractivity contribution in [2.75, 3.05) is 40.2 Å². The Hall–Kier alpha value is -2.96. The number of methoxy groups -OCH3 is 1. The second-order valence-electron chi connectivity index (χ2n) is 7.67. The van der Waals surface area contributed by atoms with Crippen molar-refractivity contribution >= 4 is 5.91 Å². The summed E-state index contributed by atoms with van der Waals surface area (Å²) in [4.78, 5) is 18.8. The molecule has 34 heavy (non-hydrogen) atoms. The van der Waals surface area contributed by atoms with Crippen molar-refractivity contribution in [1.82, 2.24) is 9.88 Å². The molecule has 0 radical (unpaired) electrons. The number of ether oxygens (including phenoxy) is 5. The molecular weight excluding hydrogens is 464 g/mol. The van der Waals surface area contributed by atoms with Crippen molar-refractivity contribution in [3.8, 4) is 11.6 Å². The van der Waals surface area contributed by atoms with E-state index in [0.29, 0.717) is 18.5 Å². The first-order chi connectivity index (χ1) is 16.2. The molecule has 0 spiro atoms. The maximum Gasteiger partial charge on any atom is 0.522 e. The van der Waals surface area contributed by atoms with Gasteiger partial charge >= 0.3 is 6.36 Å². The molecule has 1 aromatic heterocycles. The van der Waals surface area contributed by atoms with E-state index >= 15 is 0 Å². The zero-order valence-corrected chi connectivity index (χ0v) is 18.1. The van der Waals surface area contributed by atoms with Crippen LogP contribution in [-0.4, -0.2) is 68.5 Å². The largest absolute Gasteiger partial charge is 0.522 e. The molecule has 0 N–H and O–H groups in total. The molecular formula is C22H22F4N2O6. The van der Waals surface area contributed by atoms with E-state index in [4.69, 9.17) is 18.9 Å². The van der Waals surface area contributed by atoms with Gasteiger partial charge in [0.15, 0.2) is 5.75 Å². The molecule has 2 aliphatic rings. The minimum atomic E-state index is -4.75. The number of amides is 1. The SMILES string of the molecule is COc1nc(C(=O)N2CC[C@]3(c4cccc(F)c4)OCOC3C2)ccc1OCCOC(F)(F)F. The molecule has 184 valence electrons. The van der Waals surface area contributed by atoms with Crippen molar-refractivity contribution < 1.29 is 46.0 Å². The third kappa shape index (κ3) is 5.08. The second kappa shape index (κ2) is 9.72. The molecule has 2 aromatic rings. The van der Waals surface area contributed by atoms with Gasteiger partial charge < -0.3 is 23.8 Å². The standard InChI is InChI=1S/C22H22F4N2O6/c1-30-19-17(31-9-10-33-22(24,25)26)6-5-16(27-19)20(29)28-8-7-21(18(12-28)32-13-34-21)14-3-2-4-15(23)11-14/h2-6,11,18H,7-10,12-13H2,1H3/t18?,21-/m1/s1. The number of halogens is 4. The average molecular weight is 486 g/mol. The summed E-state index contributed by atoms with van der Waals surface area (Å²) in [5.41, 5.74) is -0.133. The number of carbonyl (C=O) groups excluding carboxylic acids is 1. The van der Waals surface area contributed by atoms with Crippen molar-refractivity contribution in [2.45, 2.75) is 24.5 Å². The summed E-state index contributed by atoms with van der Waals surface area (Å²) in [5, 5.41) is 0. The van der Waals surface area contributed by atoms with E-state index in [2.05, 4.69) is 9.72 Å². The molecule has 3 heterocycles. The van der Waals surface area contributed by atoms with Gasteiger partial charge in [0.05, 0.1) is 20.3 Å². The van der Waals surface area contributed by atoms with Crippen LogP contribution in [0.25, 0.3) is 0 Å². The molecule has 1 aromatic carbocycles. The van der Waals surface area contributed by atoms with Gasteiger partial charge in [-0.15, -0.1) is 13.2 Å². The van der Waals surface area contributed by atoms with Gasteiger partial charge in [-0.05, 0) is 29.8 Å². The fourth-order valence-electron chi connectivity index (χ4n) is 4.10. The van der Waals surface area contributed by atoms with Gasteiger partial charge in [0.2, 0.25) is 0 Å². The fourth-order valence-corrected chi connectivity index (χ4v) is 4.10. The molecule has 1 unspecified atom stereocenters. The maximum absolute atomic E-state index is 13.8. The summed E-state index contributed by atoms with van der Waals surface area (Å²) in [6.45, 7) is -0.562. The van der Waals surface area contributed by atoms with Gasteiger partial charge in [-0.3, -0.25) is 9.53 Å². The normalized spacial score (nSPS) is 22.4. The Balaban J connectivity index is 1.43. The molecule has 0 bridgehead atoms. The molecule has 4 rings (SSSR count). The summed E-state index contributed by atoms with van der Waals surface area (Å²) in [6.07, 6.45) is -4.86. The Kier molecular flexibility index (Phi) is 6.91. The molecule has 2 fully saturated rings. The van der Waals surface area contributed by atoms with Gasteiger partial charge in [0, 0.05) is 13.0 Å². The molecule has 2 saturated heterocycles. The number of piperidine rings is 1. The summed E-state index contributed by atoms with van der Waals surface area (Å²) in [6, 6.07) is 8.91. The molecule has 1 amide bonds. The first-order valence-corrected chi connectivity index (χ1v) is 10.4. The maximum atomic E-state index is 13.8. The van der Waals surface area contributed by atoms with Crippen LogP contribution in [0.2, 0.25) is 0 Å². The number of aromatic nitrogens is 1. The highest BCUT2D eigenvalue weighted by molar-refractivity contribution is 5.92. The predicted molar refractivity (Wildman–Crippen MR) is 108 cm³/mol. The number of likely N-dealkylation sites (tertiary alicyclic amines) is 1. The van der Waals surface area contributed by atoms with E-state index in [1.54, 1.807) is 17.0 Å². The van der Waals surface area contributed by atoms with Crippen molar-refractivity contribution in [3.05, 3.63) is 53.5 Å². The van der Waals surface area contributed by atoms with Crippen LogP contribution in [-0.2, 0) is 19.8 Å². The molecule has 8 nitrogen and oxygen atoms in total. The minimum Gasteiger partial charge on any atom is -0.486 e. The van der Waals surface area contributed by atoms with Crippen LogP contribution in [0.3, 0.4) is 0 Å². The predicted octanol–water partition coefficient (Wildman–Crippen LogP) is 3.26. The fraction of sp³-hybridized carbons (Fsp3) is 0.455. The molecule has 0 saturated carbocycles. The Morgan fingerprint density at radius 3 is 2.82 bits per heavy atom. The summed E-state index contributed by atoms with van der Waals surface area (Å²) >= 11 is 0. The minimum absolute atomic E-state index is 0.0272. The Bertz CT molecular complexity index is 1040. The van der Waals surface area contributed by atoms with Gasteiger partial charge in [-0.2, -0.15) is 0 Å². The van der Waals surface area contributed by atoms with Gasteiger partial charge in [-0.25, -0.2) is 9.37 Å². The highest BCUT2D eigenvalue weighted by Crippen LogP contribution is 2.43. The molecule has 2 atom stereocenters. The lowest BCUT2D eigenvalue weighted by Crippen LogP contribution is -2.53. The summed E-state index contributed by atoms with van der Waals surface area (Å²) in [5.74, 6) is -0.762. The lowest BCUT2D eigenvalue weighted by atomic mass is 9.82. The van der Waals surface area contributed by atoms with Crippen molar-refractivity contribution in [1.29, 1.82) is 0 Å². The number of rotatable bonds is 7. The van der Waals surface area contributed by atoms with Crippen molar-refractivity contribution in [3.63, 3.8) is 0 Å². The quantitative estimate of drug-likeness (QED) is 0.439. The van der Waals surface area contributed by atoms with Crippen LogP contribution in [0, 0.1) is 5.82 Å². The van der Waals surface area contributed by atoms with Crippen molar-refractivity contribution in [2.24, 2.45) is 0 Å². The monoisotopic (exact) mass is 486 g/mol. The van der Waals surface area contributed by atoms with Crippen LogP contribution in [0.1, 0.15) is 22.5 Å². The van der Waals surface area contributed by atoms with E-state index < -0.39 is 37.2 Å². The topological polar surface area (TPSA) is 79.4 Å². The zero-order valence-electron chi connectivity index (χ0n) is 18.1. The zero-order chi connectivity index (χ0) is 24.3. The summed E-state index contributed by atoms with van der Waals surface area (Å²) in [7, 11) is 1.30. The first kappa shape index (κ1) is 24.2. The Labute approximate surface area is 192 Å². The molecule has 2 aliphatic heterocycles. The van der Waals surface area contributed by atoms with Crippen LogP contribution in [0.5, 0.6) is 11.6 Å². The van der Waals surface area contributed by atoms with E-state index in [9.17, 15) is 22.4 Å². The molecule has 12 heteroatoms.